The van der Waals surface area contributed by atoms with E-state index in [1.807, 2.05) is 0 Å². The Balaban J connectivity index is 3.10. The van der Waals surface area contributed by atoms with E-state index < -0.39 is 11.4 Å². The van der Waals surface area contributed by atoms with Gasteiger partial charge < -0.3 is 9.47 Å². The molecule has 0 aromatic heterocycles. The number of methoxy groups -OCH3 is 2. The average molecular weight is 315 g/mol. The van der Waals surface area contributed by atoms with Crippen molar-refractivity contribution in [3.8, 4) is 0 Å². The van der Waals surface area contributed by atoms with Crippen molar-refractivity contribution < 1.29 is 19.1 Å². The fraction of sp³-hybridized carbons (Fsp3) is 0.385. The van der Waals surface area contributed by atoms with Crippen LogP contribution in [0.5, 0.6) is 0 Å². The Morgan fingerprint density at radius 1 is 1.17 bits per heavy atom. The predicted octanol–water partition coefficient (Wildman–Crippen LogP) is 2.30. The van der Waals surface area contributed by atoms with Gasteiger partial charge in [0.2, 0.25) is 0 Å². The summed E-state index contributed by atoms with van der Waals surface area (Å²) in [5, 5.41) is 0.435. The summed E-state index contributed by atoms with van der Waals surface area (Å²) < 4.78 is 9.42. The number of esters is 2. The molecule has 0 bridgehead atoms. The Hall–Kier alpha value is -1.36. The lowest BCUT2D eigenvalue weighted by molar-refractivity contribution is -0.145. The first kappa shape index (κ1) is 14.7. The molecule has 0 amide bonds. The number of ether oxygens (including phenoxy) is 2. The molecular weight excluding hydrogens is 300 g/mol. The Bertz CT molecular complexity index is 441. The number of halogens is 1. The molecule has 0 heterocycles. The van der Waals surface area contributed by atoms with E-state index in [2.05, 4.69) is 20.7 Å². The van der Waals surface area contributed by atoms with Gasteiger partial charge in [-0.2, -0.15) is 0 Å². The van der Waals surface area contributed by atoms with E-state index in [1.54, 1.807) is 31.2 Å². The quantitative estimate of drug-likeness (QED) is 0.632. The predicted molar refractivity (Wildman–Crippen MR) is 70.9 cm³/mol. The number of benzene rings is 1. The van der Waals surface area contributed by atoms with Gasteiger partial charge in [0, 0.05) is 5.33 Å². The minimum absolute atomic E-state index is 0.329. The molecule has 1 unspecified atom stereocenters. The second-order valence-electron chi connectivity index (χ2n) is 4.03. The molecule has 0 N–H and O–H groups in total. The SMILES string of the molecule is COC(=O)c1ccc(C(C)(CBr)C(=O)OC)cc1. The van der Waals surface area contributed by atoms with Crippen molar-refractivity contribution in [3.05, 3.63) is 35.4 Å². The highest BCUT2D eigenvalue weighted by Gasteiger charge is 2.35. The normalized spacial score (nSPS) is 13.6. The monoisotopic (exact) mass is 314 g/mol. The zero-order chi connectivity index (χ0) is 13.8. The second-order valence-corrected chi connectivity index (χ2v) is 4.59. The molecule has 1 aromatic rings. The molecule has 5 heteroatoms. The van der Waals surface area contributed by atoms with Crippen LogP contribution >= 0.6 is 15.9 Å². The molecule has 0 spiro atoms. The van der Waals surface area contributed by atoms with Crippen molar-refractivity contribution in [3.63, 3.8) is 0 Å². The molecule has 18 heavy (non-hydrogen) atoms. The largest absolute Gasteiger partial charge is 0.468 e. The summed E-state index contributed by atoms with van der Waals surface area (Å²) in [7, 11) is 2.68. The van der Waals surface area contributed by atoms with Crippen molar-refractivity contribution >= 4 is 27.9 Å². The Morgan fingerprint density at radius 2 is 1.72 bits per heavy atom. The summed E-state index contributed by atoms with van der Waals surface area (Å²) >= 11 is 3.32. The Kier molecular flexibility index (Phi) is 4.90. The number of carbonyl (C=O) groups excluding carboxylic acids is 2. The maximum Gasteiger partial charge on any atom is 0.337 e. The molecule has 0 radical (unpaired) electrons. The van der Waals surface area contributed by atoms with Crippen LogP contribution in [0.1, 0.15) is 22.8 Å². The van der Waals surface area contributed by atoms with E-state index in [9.17, 15) is 9.59 Å². The van der Waals surface area contributed by atoms with E-state index >= 15 is 0 Å². The molecular formula is C13H15BrO4. The van der Waals surface area contributed by atoms with Gasteiger partial charge in [0.15, 0.2) is 0 Å². The zero-order valence-electron chi connectivity index (χ0n) is 10.5. The van der Waals surface area contributed by atoms with Crippen LogP contribution in [0.15, 0.2) is 24.3 Å². The number of carbonyl (C=O) groups is 2. The fourth-order valence-electron chi connectivity index (χ4n) is 1.57. The highest BCUT2D eigenvalue weighted by molar-refractivity contribution is 9.09. The van der Waals surface area contributed by atoms with Crippen LogP contribution in [0, 0.1) is 0 Å². The van der Waals surface area contributed by atoms with E-state index in [1.165, 1.54) is 14.2 Å². The van der Waals surface area contributed by atoms with E-state index in [0.29, 0.717) is 10.9 Å². The van der Waals surface area contributed by atoms with Gasteiger partial charge in [0.25, 0.3) is 0 Å². The topological polar surface area (TPSA) is 52.6 Å². The molecule has 0 fully saturated rings. The second kappa shape index (κ2) is 6.00. The number of alkyl halides is 1. The third-order valence-corrected chi connectivity index (χ3v) is 3.97. The van der Waals surface area contributed by atoms with Gasteiger partial charge in [-0.05, 0) is 24.6 Å². The summed E-state index contributed by atoms with van der Waals surface area (Å²) in [4.78, 5) is 23.1. The lowest BCUT2D eigenvalue weighted by Crippen LogP contribution is -2.35. The van der Waals surface area contributed by atoms with E-state index in [4.69, 9.17) is 4.74 Å². The molecule has 98 valence electrons. The third kappa shape index (κ3) is 2.72. The Labute approximate surface area is 114 Å². The van der Waals surface area contributed by atoms with Crippen molar-refractivity contribution in [2.75, 3.05) is 19.5 Å². The molecule has 1 rings (SSSR count). The molecule has 0 aliphatic rings. The number of hydrogen-bond acceptors (Lipinski definition) is 4. The maximum absolute atomic E-state index is 11.8. The lowest BCUT2D eigenvalue weighted by Gasteiger charge is -2.24. The van der Waals surface area contributed by atoms with Crippen molar-refractivity contribution in [1.82, 2.24) is 0 Å². The minimum Gasteiger partial charge on any atom is -0.468 e. The summed E-state index contributed by atoms with van der Waals surface area (Å²) in [5.41, 5.74) is 0.450. The molecule has 0 aliphatic carbocycles. The maximum atomic E-state index is 11.8. The summed E-state index contributed by atoms with van der Waals surface area (Å²) in [6.45, 7) is 1.78. The van der Waals surface area contributed by atoms with Crippen LogP contribution in [-0.2, 0) is 19.7 Å². The first-order valence-electron chi connectivity index (χ1n) is 5.33. The Morgan fingerprint density at radius 3 is 2.11 bits per heavy atom. The van der Waals surface area contributed by atoms with Crippen molar-refractivity contribution in [2.24, 2.45) is 0 Å². The van der Waals surface area contributed by atoms with E-state index in [0.717, 1.165) is 5.56 Å². The minimum atomic E-state index is -0.774. The third-order valence-electron chi connectivity index (χ3n) is 2.85. The highest BCUT2D eigenvalue weighted by atomic mass is 79.9. The van der Waals surface area contributed by atoms with E-state index in [-0.39, 0.29) is 5.97 Å². The molecule has 0 aliphatic heterocycles. The molecule has 4 nitrogen and oxygen atoms in total. The molecule has 1 aromatic carbocycles. The van der Waals surface area contributed by atoms with Gasteiger partial charge in [-0.3, -0.25) is 4.79 Å². The first-order chi connectivity index (χ1) is 8.49. The van der Waals surface area contributed by atoms with Crippen LogP contribution in [0.2, 0.25) is 0 Å². The summed E-state index contributed by atoms with van der Waals surface area (Å²) in [6, 6.07) is 6.71. The van der Waals surface area contributed by atoms with Crippen molar-refractivity contribution in [1.29, 1.82) is 0 Å². The van der Waals surface area contributed by atoms with Crippen LogP contribution in [0.4, 0.5) is 0 Å². The van der Waals surface area contributed by atoms with Gasteiger partial charge >= 0.3 is 11.9 Å². The smallest absolute Gasteiger partial charge is 0.337 e. The number of hydrogen-bond donors (Lipinski definition) is 0. The van der Waals surface area contributed by atoms with Crippen LogP contribution < -0.4 is 0 Å². The van der Waals surface area contributed by atoms with Gasteiger partial charge in [0.1, 0.15) is 0 Å². The van der Waals surface area contributed by atoms with Crippen LogP contribution in [0.25, 0.3) is 0 Å². The number of rotatable bonds is 4. The van der Waals surface area contributed by atoms with Crippen molar-refractivity contribution in [2.45, 2.75) is 12.3 Å². The summed E-state index contributed by atoms with van der Waals surface area (Å²) in [5.74, 6) is -0.731. The highest BCUT2D eigenvalue weighted by Crippen LogP contribution is 2.28. The fourth-order valence-corrected chi connectivity index (χ4v) is 2.12. The average Bonchev–Trinajstić information content (AvgIpc) is 2.44. The standard InChI is InChI=1S/C13H15BrO4/c1-13(8-14,12(16)18-3)10-6-4-9(5-7-10)11(15)17-2/h4-7H,8H2,1-3H3. The van der Waals surface area contributed by atoms with Gasteiger partial charge in [-0.15, -0.1) is 0 Å². The van der Waals surface area contributed by atoms with Gasteiger partial charge in [0.05, 0.1) is 25.2 Å². The zero-order valence-corrected chi connectivity index (χ0v) is 12.1. The van der Waals surface area contributed by atoms with Gasteiger partial charge in [-0.1, -0.05) is 28.1 Å². The molecule has 1 atom stereocenters. The molecule has 0 saturated carbocycles. The lowest BCUT2D eigenvalue weighted by atomic mass is 9.84. The van der Waals surface area contributed by atoms with Gasteiger partial charge in [-0.25, -0.2) is 4.79 Å². The molecule has 0 saturated heterocycles. The van der Waals surface area contributed by atoms with Crippen LogP contribution in [0.3, 0.4) is 0 Å². The summed E-state index contributed by atoms with van der Waals surface area (Å²) in [6.07, 6.45) is 0. The first-order valence-corrected chi connectivity index (χ1v) is 6.45. The van der Waals surface area contributed by atoms with Crippen LogP contribution in [-0.4, -0.2) is 31.5 Å².